The molecule has 1 aromatic rings. The first kappa shape index (κ1) is 10.0. The van der Waals surface area contributed by atoms with E-state index in [0.29, 0.717) is 11.7 Å². The number of benzene rings is 1. The second-order valence-corrected chi connectivity index (χ2v) is 3.98. The summed E-state index contributed by atoms with van der Waals surface area (Å²) < 4.78 is 0. The molecule has 15 heavy (non-hydrogen) atoms. The van der Waals surface area contributed by atoms with Gasteiger partial charge in [-0.25, -0.2) is 0 Å². The number of fused-ring (bicyclic) bond motifs is 1. The molecule has 0 aliphatic heterocycles. The quantitative estimate of drug-likeness (QED) is 0.714. The molecule has 1 atom stereocenters. The van der Waals surface area contributed by atoms with E-state index in [1.807, 2.05) is 30.4 Å². The number of hydrogen-bond donors (Lipinski definition) is 1. The van der Waals surface area contributed by atoms with E-state index in [4.69, 9.17) is 0 Å². The summed E-state index contributed by atoms with van der Waals surface area (Å²) in [5.41, 5.74) is 2.24. The average Bonchev–Trinajstić information content (AvgIpc) is 2.41. The van der Waals surface area contributed by atoms with E-state index >= 15 is 0 Å². The van der Waals surface area contributed by atoms with Crippen molar-refractivity contribution in [2.75, 3.05) is 0 Å². The summed E-state index contributed by atoms with van der Waals surface area (Å²) in [6, 6.07) is 8.11. The zero-order chi connectivity index (χ0) is 10.7. The molecule has 1 unspecified atom stereocenters. The van der Waals surface area contributed by atoms with Gasteiger partial charge in [-0.2, -0.15) is 0 Å². The Morgan fingerprint density at radius 3 is 3.00 bits per heavy atom. The molecule has 0 spiro atoms. The third-order valence-electron chi connectivity index (χ3n) is 2.98. The zero-order valence-electron chi connectivity index (χ0n) is 8.82. The molecule has 1 aliphatic rings. The molecule has 78 valence electrons. The van der Waals surface area contributed by atoms with E-state index in [2.05, 4.69) is 12.6 Å². The molecule has 1 nitrogen and oxygen atoms in total. The highest BCUT2D eigenvalue weighted by Gasteiger charge is 2.18. The van der Waals surface area contributed by atoms with Gasteiger partial charge in [0.2, 0.25) is 0 Å². The molecule has 1 aliphatic carbocycles. The predicted octanol–water partition coefficient (Wildman–Crippen LogP) is 4.04. The molecule has 0 aromatic heterocycles. The maximum atomic E-state index is 9.86. The smallest absolute Gasteiger partial charge is 0.119 e. The van der Waals surface area contributed by atoms with Crippen LogP contribution in [-0.4, -0.2) is 5.11 Å². The molecule has 0 fully saturated rings. The Morgan fingerprint density at radius 1 is 1.40 bits per heavy atom. The molecule has 0 bridgehead atoms. The SMILES string of the molecule is C=CCC1CCC=C(O)c2ccccc21. The summed E-state index contributed by atoms with van der Waals surface area (Å²) in [6.07, 6.45) is 6.90. The molecule has 2 rings (SSSR count). The molecule has 0 heterocycles. The van der Waals surface area contributed by atoms with Crippen molar-refractivity contribution in [2.24, 2.45) is 0 Å². The molecule has 1 heteroatoms. The van der Waals surface area contributed by atoms with E-state index < -0.39 is 0 Å². The lowest BCUT2D eigenvalue weighted by Gasteiger charge is -2.15. The predicted molar refractivity (Wildman–Crippen MR) is 63.8 cm³/mol. The Kier molecular flexibility index (Phi) is 2.91. The van der Waals surface area contributed by atoms with Crippen LogP contribution in [0.2, 0.25) is 0 Å². The normalized spacial score (nSPS) is 20.0. The van der Waals surface area contributed by atoms with Gasteiger partial charge in [-0.1, -0.05) is 30.3 Å². The fourth-order valence-corrected chi connectivity index (χ4v) is 2.22. The van der Waals surface area contributed by atoms with Crippen molar-refractivity contribution in [3.05, 3.63) is 54.1 Å². The summed E-state index contributed by atoms with van der Waals surface area (Å²) in [4.78, 5) is 0. The van der Waals surface area contributed by atoms with Crippen molar-refractivity contribution < 1.29 is 5.11 Å². The lowest BCUT2D eigenvalue weighted by atomic mass is 9.90. The number of allylic oxidation sites excluding steroid dienone is 2. The minimum Gasteiger partial charge on any atom is -0.508 e. The van der Waals surface area contributed by atoms with Crippen LogP contribution >= 0.6 is 0 Å². The van der Waals surface area contributed by atoms with E-state index in [0.717, 1.165) is 24.8 Å². The molecular weight excluding hydrogens is 184 g/mol. The van der Waals surface area contributed by atoms with Crippen LogP contribution in [0.3, 0.4) is 0 Å². The average molecular weight is 200 g/mol. The fourth-order valence-electron chi connectivity index (χ4n) is 2.22. The third-order valence-corrected chi connectivity index (χ3v) is 2.98. The van der Waals surface area contributed by atoms with E-state index in [1.54, 1.807) is 0 Å². The molecule has 1 aromatic carbocycles. The van der Waals surface area contributed by atoms with Crippen molar-refractivity contribution >= 4 is 5.76 Å². The standard InChI is InChI=1S/C14H16O/c1-2-6-11-7-5-10-14(15)13-9-4-3-8-12(11)13/h2-4,8-11,15H,1,5-7H2. The van der Waals surface area contributed by atoms with E-state index in [-0.39, 0.29) is 0 Å². The summed E-state index contributed by atoms with van der Waals surface area (Å²) in [6.45, 7) is 3.80. The van der Waals surface area contributed by atoms with Gasteiger partial charge in [0.15, 0.2) is 0 Å². The topological polar surface area (TPSA) is 20.2 Å². The summed E-state index contributed by atoms with van der Waals surface area (Å²) in [5.74, 6) is 0.928. The number of aliphatic hydroxyl groups excluding tert-OH is 1. The number of aliphatic hydroxyl groups is 1. The number of hydrogen-bond acceptors (Lipinski definition) is 1. The second kappa shape index (κ2) is 4.35. The van der Waals surface area contributed by atoms with Gasteiger partial charge in [-0.3, -0.25) is 0 Å². The van der Waals surface area contributed by atoms with Gasteiger partial charge in [0.1, 0.15) is 5.76 Å². The van der Waals surface area contributed by atoms with Crippen LogP contribution in [0.4, 0.5) is 0 Å². The monoisotopic (exact) mass is 200 g/mol. The lowest BCUT2D eigenvalue weighted by Crippen LogP contribution is -1.99. The van der Waals surface area contributed by atoms with Crippen LogP contribution in [0.5, 0.6) is 0 Å². The molecular formula is C14H16O. The Bertz CT molecular complexity index is 390. The second-order valence-electron chi connectivity index (χ2n) is 3.98. The van der Waals surface area contributed by atoms with Gasteiger partial charge in [0.05, 0.1) is 0 Å². The van der Waals surface area contributed by atoms with Gasteiger partial charge in [0.25, 0.3) is 0 Å². The summed E-state index contributed by atoms with van der Waals surface area (Å²) >= 11 is 0. The Hall–Kier alpha value is -1.50. The van der Waals surface area contributed by atoms with E-state index in [1.165, 1.54) is 5.56 Å². The molecule has 0 radical (unpaired) electrons. The van der Waals surface area contributed by atoms with Gasteiger partial charge in [-0.15, -0.1) is 6.58 Å². The Morgan fingerprint density at radius 2 is 2.20 bits per heavy atom. The van der Waals surface area contributed by atoms with Crippen LogP contribution in [0, 0.1) is 0 Å². The van der Waals surface area contributed by atoms with Crippen LogP contribution in [0.15, 0.2) is 43.0 Å². The van der Waals surface area contributed by atoms with Crippen molar-refractivity contribution in [3.8, 4) is 0 Å². The van der Waals surface area contributed by atoms with Crippen molar-refractivity contribution in [3.63, 3.8) is 0 Å². The first-order chi connectivity index (χ1) is 7.33. The van der Waals surface area contributed by atoms with Crippen LogP contribution in [-0.2, 0) is 0 Å². The van der Waals surface area contributed by atoms with Crippen molar-refractivity contribution in [1.82, 2.24) is 0 Å². The maximum absolute atomic E-state index is 9.86. The first-order valence-electron chi connectivity index (χ1n) is 5.42. The molecule has 0 saturated heterocycles. The highest BCUT2D eigenvalue weighted by atomic mass is 16.3. The van der Waals surface area contributed by atoms with Crippen LogP contribution < -0.4 is 0 Å². The van der Waals surface area contributed by atoms with Gasteiger partial charge in [0, 0.05) is 5.56 Å². The zero-order valence-corrected chi connectivity index (χ0v) is 8.82. The fraction of sp³-hybridized carbons (Fsp3) is 0.286. The van der Waals surface area contributed by atoms with Crippen molar-refractivity contribution in [1.29, 1.82) is 0 Å². The van der Waals surface area contributed by atoms with Gasteiger partial charge in [-0.05, 0) is 36.8 Å². The molecule has 1 N–H and O–H groups in total. The van der Waals surface area contributed by atoms with Crippen LogP contribution in [0.25, 0.3) is 5.76 Å². The van der Waals surface area contributed by atoms with Gasteiger partial charge >= 0.3 is 0 Å². The number of rotatable bonds is 2. The Balaban J connectivity index is 2.44. The molecule has 0 saturated carbocycles. The minimum absolute atomic E-state index is 0.428. The first-order valence-corrected chi connectivity index (χ1v) is 5.42. The maximum Gasteiger partial charge on any atom is 0.119 e. The largest absolute Gasteiger partial charge is 0.508 e. The lowest BCUT2D eigenvalue weighted by molar-refractivity contribution is 0.510. The summed E-state index contributed by atoms with van der Waals surface area (Å²) in [7, 11) is 0. The Labute approximate surface area is 90.8 Å². The van der Waals surface area contributed by atoms with E-state index in [9.17, 15) is 5.11 Å². The van der Waals surface area contributed by atoms with Gasteiger partial charge < -0.3 is 5.11 Å². The van der Waals surface area contributed by atoms with Crippen LogP contribution in [0.1, 0.15) is 36.3 Å². The highest BCUT2D eigenvalue weighted by Crippen LogP contribution is 2.34. The highest BCUT2D eigenvalue weighted by molar-refractivity contribution is 5.63. The summed E-state index contributed by atoms with van der Waals surface area (Å²) in [5, 5.41) is 9.86. The van der Waals surface area contributed by atoms with Crippen molar-refractivity contribution in [2.45, 2.75) is 25.2 Å². The third kappa shape index (κ3) is 1.96. The minimum atomic E-state index is 0.428. The molecule has 0 amide bonds.